The van der Waals surface area contributed by atoms with Crippen LogP contribution < -0.4 is 4.74 Å². The molecule has 0 fully saturated rings. The van der Waals surface area contributed by atoms with E-state index in [4.69, 9.17) is 4.74 Å². The SMILES string of the molecule is CCOc1ccc(C(C)Cc2cn[nH]n2)c(CC)c1. The first-order chi connectivity index (χ1) is 9.24. The van der Waals surface area contributed by atoms with Crippen LogP contribution in [0, 0.1) is 0 Å². The van der Waals surface area contributed by atoms with Gasteiger partial charge in [0.15, 0.2) is 0 Å². The quantitative estimate of drug-likeness (QED) is 0.867. The summed E-state index contributed by atoms with van der Waals surface area (Å²) >= 11 is 0. The Labute approximate surface area is 114 Å². The van der Waals surface area contributed by atoms with E-state index in [0.717, 1.165) is 24.3 Å². The monoisotopic (exact) mass is 259 g/mol. The highest BCUT2D eigenvalue weighted by Crippen LogP contribution is 2.27. The molecule has 0 radical (unpaired) electrons. The van der Waals surface area contributed by atoms with Crippen LogP contribution in [0.3, 0.4) is 0 Å². The van der Waals surface area contributed by atoms with Gasteiger partial charge in [0.2, 0.25) is 0 Å². The van der Waals surface area contributed by atoms with Crippen molar-refractivity contribution in [3.8, 4) is 5.75 Å². The van der Waals surface area contributed by atoms with Gasteiger partial charge in [0.1, 0.15) is 5.75 Å². The third-order valence-corrected chi connectivity index (χ3v) is 3.32. The smallest absolute Gasteiger partial charge is 0.119 e. The summed E-state index contributed by atoms with van der Waals surface area (Å²) in [7, 11) is 0. The van der Waals surface area contributed by atoms with Crippen LogP contribution in [0.15, 0.2) is 24.4 Å². The van der Waals surface area contributed by atoms with Gasteiger partial charge in [0.05, 0.1) is 18.5 Å². The van der Waals surface area contributed by atoms with Gasteiger partial charge in [-0.1, -0.05) is 19.9 Å². The molecular formula is C15H21N3O. The average Bonchev–Trinajstić information content (AvgIpc) is 2.91. The molecule has 4 heteroatoms. The Balaban J connectivity index is 2.18. The summed E-state index contributed by atoms with van der Waals surface area (Å²) in [4.78, 5) is 0. The number of hydrogen-bond acceptors (Lipinski definition) is 3. The molecule has 0 saturated heterocycles. The zero-order valence-corrected chi connectivity index (χ0v) is 11.8. The Bertz CT molecular complexity index is 508. The highest BCUT2D eigenvalue weighted by Gasteiger charge is 2.13. The maximum Gasteiger partial charge on any atom is 0.119 e. The average molecular weight is 259 g/mol. The summed E-state index contributed by atoms with van der Waals surface area (Å²) in [5.74, 6) is 1.38. The van der Waals surface area contributed by atoms with E-state index in [2.05, 4.69) is 47.5 Å². The predicted molar refractivity (Wildman–Crippen MR) is 75.5 cm³/mol. The number of aromatic amines is 1. The fourth-order valence-corrected chi connectivity index (χ4v) is 2.37. The van der Waals surface area contributed by atoms with E-state index >= 15 is 0 Å². The van der Waals surface area contributed by atoms with Crippen molar-refractivity contribution in [2.75, 3.05) is 6.61 Å². The van der Waals surface area contributed by atoms with Crippen LogP contribution in [-0.2, 0) is 12.8 Å². The van der Waals surface area contributed by atoms with Crippen molar-refractivity contribution in [3.63, 3.8) is 0 Å². The zero-order chi connectivity index (χ0) is 13.7. The molecule has 1 heterocycles. The van der Waals surface area contributed by atoms with E-state index in [-0.39, 0.29) is 0 Å². The van der Waals surface area contributed by atoms with Gasteiger partial charge >= 0.3 is 0 Å². The summed E-state index contributed by atoms with van der Waals surface area (Å²) < 4.78 is 5.56. The van der Waals surface area contributed by atoms with Crippen molar-refractivity contribution in [1.82, 2.24) is 15.4 Å². The summed E-state index contributed by atoms with van der Waals surface area (Å²) in [6.07, 6.45) is 3.70. The van der Waals surface area contributed by atoms with E-state index in [1.807, 2.05) is 6.92 Å². The first-order valence-corrected chi connectivity index (χ1v) is 6.84. The zero-order valence-electron chi connectivity index (χ0n) is 11.8. The molecule has 1 unspecified atom stereocenters. The van der Waals surface area contributed by atoms with Crippen molar-refractivity contribution >= 4 is 0 Å². The summed E-state index contributed by atoms with van der Waals surface area (Å²) in [6, 6.07) is 6.38. The van der Waals surface area contributed by atoms with Gasteiger partial charge in [0.25, 0.3) is 0 Å². The van der Waals surface area contributed by atoms with Gasteiger partial charge in [-0.3, -0.25) is 0 Å². The minimum atomic E-state index is 0.427. The van der Waals surface area contributed by atoms with Crippen molar-refractivity contribution in [1.29, 1.82) is 0 Å². The second kappa shape index (κ2) is 6.36. The lowest BCUT2D eigenvalue weighted by Crippen LogP contribution is -2.04. The van der Waals surface area contributed by atoms with Crippen LogP contribution in [0.25, 0.3) is 0 Å². The number of benzene rings is 1. The molecule has 102 valence electrons. The van der Waals surface area contributed by atoms with Crippen molar-refractivity contribution in [2.45, 2.75) is 39.5 Å². The summed E-state index contributed by atoms with van der Waals surface area (Å²) in [5, 5.41) is 10.6. The van der Waals surface area contributed by atoms with Crippen LogP contribution in [0.1, 0.15) is 43.5 Å². The molecule has 0 aliphatic carbocycles. The molecule has 1 N–H and O–H groups in total. The van der Waals surface area contributed by atoms with Gasteiger partial charge in [-0.25, -0.2) is 0 Å². The molecule has 0 aliphatic heterocycles. The molecule has 4 nitrogen and oxygen atoms in total. The Hall–Kier alpha value is -1.84. The number of rotatable bonds is 6. The first-order valence-electron chi connectivity index (χ1n) is 6.84. The lowest BCUT2D eigenvalue weighted by Gasteiger charge is -2.16. The maximum absolute atomic E-state index is 5.56. The molecular weight excluding hydrogens is 238 g/mol. The van der Waals surface area contributed by atoms with Crippen LogP contribution in [-0.4, -0.2) is 22.0 Å². The minimum absolute atomic E-state index is 0.427. The van der Waals surface area contributed by atoms with Gasteiger partial charge in [-0.15, -0.1) is 0 Å². The minimum Gasteiger partial charge on any atom is -0.494 e. The van der Waals surface area contributed by atoms with E-state index in [9.17, 15) is 0 Å². The highest BCUT2D eigenvalue weighted by atomic mass is 16.5. The van der Waals surface area contributed by atoms with E-state index in [1.54, 1.807) is 6.20 Å². The third kappa shape index (κ3) is 3.34. The molecule has 0 saturated carbocycles. The van der Waals surface area contributed by atoms with Crippen LogP contribution >= 0.6 is 0 Å². The molecule has 0 amide bonds. The van der Waals surface area contributed by atoms with E-state index in [1.165, 1.54) is 11.1 Å². The Morgan fingerprint density at radius 3 is 2.79 bits per heavy atom. The van der Waals surface area contributed by atoms with Gasteiger partial charge in [0, 0.05) is 0 Å². The molecule has 0 bridgehead atoms. The Kier molecular flexibility index (Phi) is 4.55. The molecule has 2 aromatic rings. The fraction of sp³-hybridized carbons (Fsp3) is 0.467. The van der Waals surface area contributed by atoms with Crippen molar-refractivity contribution < 1.29 is 4.74 Å². The largest absolute Gasteiger partial charge is 0.494 e. The molecule has 1 aromatic heterocycles. The van der Waals surface area contributed by atoms with Gasteiger partial charge in [-0.2, -0.15) is 15.4 Å². The van der Waals surface area contributed by atoms with E-state index < -0.39 is 0 Å². The van der Waals surface area contributed by atoms with Crippen molar-refractivity contribution in [2.24, 2.45) is 0 Å². The number of aromatic nitrogens is 3. The molecule has 1 aromatic carbocycles. The lowest BCUT2D eigenvalue weighted by molar-refractivity contribution is 0.339. The maximum atomic E-state index is 5.56. The topological polar surface area (TPSA) is 50.8 Å². The fourth-order valence-electron chi connectivity index (χ4n) is 2.37. The number of aryl methyl sites for hydroxylation is 1. The third-order valence-electron chi connectivity index (χ3n) is 3.32. The normalized spacial score (nSPS) is 12.4. The van der Waals surface area contributed by atoms with Crippen LogP contribution in [0.2, 0.25) is 0 Å². The Morgan fingerprint density at radius 1 is 1.32 bits per heavy atom. The van der Waals surface area contributed by atoms with Crippen LogP contribution in [0.4, 0.5) is 0 Å². The van der Waals surface area contributed by atoms with Crippen LogP contribution in [0.5, 0.6) is 5.75 Å². The first kappa shape index (κ1) is 13.6. The molecule has 0 aliphatic rings. The van der Waals surface area contributed by atoms with Gasteiger partial charge in [-0.05, 0) is 48.9 Å². The predicted octanol–water partition coefficient (Wildman–Crippen LogP) is 3.11. The molecule has 0 spiro atoms. The van der Waals surface area contributed by atoms with Gasteiger partial charge < -0.3 is 4.74 Å². The van der Waals surface area contributed by atoms with E-state index in [0.29, 0.717) is 12.5 Å². The molecule has 19 heavy (non-hydrogen) atoms. The molecule has 1 atom stereocenters. The standard InChI is InChI=1S/C15H21N3O/c1-4-12-9-14(19-5-2)6-7-15(12)11(3)8-13-10-16-18-17-13/h6-7,9-11H,4-5,8H2,1-3H3,(H,16,17,18). The number of hydrogen-bond donors (Lipinski definition) is 1. The summed E-state index contributed by atoms with van der Waals surface area (Å²) in [5.41, 5.74) is 3.72. The second-order valence-electron chi connectivity index (χ2n) is 4.71. The number of H-pyrrole nitrogens is 1. The number of nitrogens with zero attached hydrogens (tertiary/aromatic N) is 2. The van der Waals surface area contributed by atoms with Crippen molar-refractivity contribution in [3.05, 3.63) is 41.2 Å². The summed E-state index contributed by atoms with van der Waals surface area (Å²) in [6.45, 7) is 7.12. The lowest BCUT2D eigenvalue weighted by atomic mass is 9.91. The number of nitrogens with one attached hydrogen (secondary N) is 1. The Morgan fingerprint density at radius 2 is 2.16 bits per heavy atom. The highest BCUT2D eigenvalue weighted by molar-refractivity contribution is 5.38. The molecule has 2 rings (SSSR count). The number of ether oxygens (including phenoxy) is 1. The second-order valence-corrected chi connectivity index (χ2v) is 4.71.